The van der Waals surface area contributed by atoms with Crippen LogP contribution in [-0.2, 0) is 16.6 Å². The van der Waals surface area contributed by atoms with E-state index >= 15 is 0 Å². The molecule has 0 amide bonds. The average Bonchev–Trinajstić information content (AvgIpc) is 2.84. The van der Waals surface area contributed by atoms with Gasteiger partial charge < -0.3 is 5.73 Å². The quantitative estimate of drug-likeness (QED) is 0.726. The molecule has 0 bridgehead atoms. The average molecular weight is 349 g/mol. The highest BCUT2D eigenvalue weighted by molar-refractivity contribution is 9.10. The van der Waals surface area contributed by atoms with Crippen LogP contribution < -0.4 is 10.5 Å². The van der Waals surface area contributed by atoms with E-state index in [0.29, 0.717) is 5.69 Å². The number of H-pyrrole nitrogens is 1. The molecule has 0 saturated heterocycles. The zero-order valence-electron chi connectivity index (χ0n) is 9.52. The Kier molecular flexibility index (Phi) is 3.88. The zero-order chi connectivity index (χ0) is 14.0. The normalized spacial score (nSPS) is 11.7. The molecule has 2 rings (SSSR count). The Hall–Kier alpha value is -1.45. The highest BCUT2D eigenvalue weighted by Gasteiger charge is 2.19. The van der Waals surface area contributed by atoms with Gasteiger partial charge in [0, 0.05) is 6.20 Å². The summed E-state index contributed by atoms with van der Waals surface area (Å²) in [4.78, 5) is -0.180. The Balaban J connectivity index is 2.27. The van der Waals surface area contributed by atoms with E-state index in [0.717, 1.165) is 12.1 Å². The number of hydrogen-bond acceptors (Lipinski definition) is 4. The smallest absolute Gasteiger partial charge is 0.243 e. The van der Waals surface area contributed by atoms with E-state index in [9.17, 15) is 12.8 Å². The van der Waals surface area contributed by atoms with Crippen molar-refractivity contribution in [2.75, 3.05) is 5.73 Å². The molecule has 0 radical (unpaired) electrons. The predicted molar refractivity (Wildman–Crippen MR) is 71.1 cm³/mol. The van der Waals surface area contributed by atoms with Crippen molar-refractivity contribution in [1.82, 2.24) is 14.9 Å². The number of nitrogen functional groups attached to an aromatic ring is 1. The fourth-order valence-electron chi connectivity index (χ4n) is 1.41. The van der Waals surface area contributed by atoms with Crippen LogP contribution in [0.5, 0.6) is 0 Å². The molecule has 6 nitrogen and oxygen atoms in total. The zero-order valence-corrected chi connectivity index (χ0v) is 11.9. The maximum atomic E-state index is 13.2. The highest BCUT2D eigenvalue weighted by atomic mass is 79.9. The van der Waals surface area contributed by atoms with Crippen molar-refractivity contribution in [2.45, 2.75) is 11.4 Å². The van der Waals surface area contributed by atoms with Crippen LogP contribution in [0.2, 0.25) is 0 Å². The van der Waals surface area contributed by atoms with Crippen molar-refractivity contribution in [1.29, 1.82) is 0 Å². The van der Waals surface area contributed by atoms with E-state index in [-0.39, 0.29) is 21.6 Å². The van der Waals surface area contributed by atoms with Crippen LogP contribution in [0.3, 0.4) is 0 Å². The third-order valence-electron chi connectivity index (χ3n) is 2.35. The molecule has 0 unspecified atom stereocenters. The Morgan fingerprint density at radius 2 is 2.21 bits per heavy atom. The first-order chi connectivity index (χ1) is 8.90. The molecular weight excluding hydrogens is 339 g/mol. The van der Waals surface area contributed by atoms with Crippen LogP contribution in [0.15, 0.2) is 33.8 Å². The minimum absolute atomic E-state index is 0.0311. The molecule has 0 spiro atoms. The van der Waals surface area contributed by atoms with E-state index in [2.05, 4.69) is 30.8 Å². The molecule has 1 aromatic carbocycles. The third kappa shape index (κ3) is 3.11. The molecule has 0 aliphatic rings. The number of aromatic nitrogens is 2. The summed E-state index contributed by atoms with van der Waals surface area (Å²) in [5, 5.41) is 6.32. The van der Waals surface area contributed by atoms with Gasteiger partial charge in [0.05, 0.1) is 22.4 Å². The number of nitrogens with two attached hydrogens (primary N) is 1. The minimum atomic E-state index is -3.83. The van der Waals surface area contributed by atoms with E-state index in [1.165, 1.54) is 6.20 Å². The van der Waals surface area contributed by atoms with Crippen LogP contribution in [0, 0.1) is 5.82 Å². The number of benzene rings is 1. The van der Waals surface area contributed by atoms with Crippen molar-refractivity contribution < 1.29 is 12.8 Å². The molecule has 2 aromatic rings. The van der Waals surface area contributed by atoms with E-state index in [4.69, 9.17) is 5.73 Å². The Morgan fingerprint density at radius 3 is 2.84 bits per heavy atom. The topological polar surface area (TPSA) is 101 Å². The monoisotopic (exact) mass is 348 g/mol. The maximum Gasteiger partial charge on any atom is 0.243 e. The number of hydrogen-bond donors (Lipinski definition) is 3. The van der Waals surface area contributed by atoms with Gasteiger partial charge in [0.2, 0.25) is 10.0 Å². The lowest BCUT2D eigenvalue weighted by Gasteiger charge is -2.09. The van der Waals surface area contributed by atoms with Crippen LogP contribution in [0.4, 0.5) is 10.1 Å². The lowest BCUT2D eigenvalue weighted by atomic mass is 10.3. The molecule has 19 heavy (non-hydrogen) atoms. The number of halogens is 2. The molecule has 0 saturated carbocycles. The molecule has 9 heteroatoms. The summed E-state index contributed by atoms with van der Waals surface area (Å²) in [5.41, 5.74) is 5.97. The van der Waals surface area contributed by atoms with Crippen LogP contribution in [-0.4, -0.2) is 18.6 Å². The lowest BCUT2D eigenvalue weighted by molar-refractivity contribution is 0.579. The number of sulfonamides is 1. The Bertz CT molecular complexity index is 688. The standard InChI is InChI=1S/C10H10BrFN4O2S/c11-7-3-10(9(13)4-8(7)12)19(17,18)15-5-6-1-2-14-16-6/h1-4,15H,5,13H2,(H,14,16). The highest BCUT2D eigenvalue weighted by Crippen LogP contribution is 2.26. The molecule has 0 atom stereocenters. The first-order valence-electron chi connectivity index (χ1n) is 5.12. The number of anilines is 1. The Morgan fingerprint density at radius 1 is 1.47 bits per heavy atom. The Labute approximate surface area is 117 Å². The first kappa shape index (κ1) is 14.0. The molecule has 4 N–H and O–H groups in total. The summed E-state index contributed by atoms with van der Waals surface area (Å²) in [6, 6.07) is 3.71. The van der Waals surface area contributed by atoms with E-state index < -0.39 is 15.8 Å². The van der Waals surface area contributed by atoms with Crippen molar-refractivity contribution in [3.63, 3.8) is 0 Å². The van der Waals surface area contributed by atoms with Gasteiger partial charge in [0.15, 0.2) is 0 Å². The van der Waals surface area contributed by atoms with Crippen molar-refractivity contribution in [3.8, 4) is 0 Å². The van der Waals surface area contributed by atoms with Crippen molar-refractivity contribution >= 4 is 31.6 Å². The second-order valence-corrected chi connectivity index (χ2v) is 6.30. The molecule has 0 aliphatic heterocycles. The van der Waals surface area contributed by atoms with Gasteiger partial charge in [0.25, 0.3) is 0 Å². The molecule has 0 aliphatic carbocycles. The lowest BCUT2D eigenvalue weighted by Crippen LogP contribution is -2.24. The molecule has 102 valence electrons. The SMILES string of the molecule is Nc1cc(F)c(Br)cc1S(=O)(=O)NCc1ccn[nH]1. The summed E-state index contributed by atoms with van der Waals surface area (Å²) in [6.45, 7) is 0.0385. The third-order valence-corrected chi connectivity index (χ3v) is 4.42. The molecule has 0 fully saturated rings. The minimum Gasteiger partial charge on any atom is -0.398 e. The van der Waals surface area contributed by atoms with Gasteiger partial charge in [0.1, 0.15) is 10.7 Å². The summed E-state index contributed by atoms with van der Waals surface area (Å²) in [5.74, 6) is -0.620. The summed E-state index contributed by atoms with van der Waals surface area (Å²) < 4.78 is 39.7. The fourth-order valence-corrected chi connectivity index (χ4v) is 3.05. The van der Waals surface area contributed by atoms with Gasteiger partial charge in [-0.15, -0.1) is 0 Å². The second-order valence-electron chi connectivity index (χ2n) is 3.71. The van der Waals surface area contributed by atoms with Crippen molar-refractivity contribution in [2.24, 2.45) is 0 Å². The van der Waals surface area contributed by atoms with Crippen LogP contribution in [0.1, 0.15) is 5.69 Å². The second kappa shape index (κ2) is 5.27. The van der Waals surface area contributed by atoms with Gasteiger partial charge in [-0.2, -0.15) is 5.10 Å². The van der Waals surface area contributed by atoms with Crippen molar-refractivity contribution in [3.05, 3.63) is 40.4 Å². The molecule has 1 aromatic heterocycles. The largest absolute Gasteiger partial charge is 0.398 e. The summed E-state index contributed by atoms with van der Waals surface area (Å²) in [7, 11) is -3.83. The van der Waals surface area contributed by atoms with Gasteiger partial charge in [-0.3, -0.25) is 5.10 Å². The van der Waals surface area contributed by atoms with Crippen LogP contribution >= 0.6 is 15.9 Å². The van der Waals surface area contributed by atoms with Gasteiger partial charge in [-0.25, -0.2) is 17.5 Å². The fraction of sp³-hybridized carbons (Fsp3) is 0.100. The van der Waals surface area contributed by atoms with Gasteiger partial charge >= 0.3 is 0 Å². The summed E-state index contributed by atoms with van der Waals surface area (Å²) >= 11 is 2.92. The number of nitrogens with one attached hydrogen (secondary N) is 2. The van der Waals surface area contributed by atoms with E-state index in [1.807, 2.05) is 0 Å². The molecule has 1 heterocycles. The van der Waals surface area contributed by atoms with Crippen LogP contribution in [0.25, 0.3) is 0 Å². The van der Waals surface area contributed by atoms with E-state index in [1.54, 1.807) is 6.07 Å². The molecular formula is C10H10BrFN4O2S. The number of nitrogens with zero attached hydrogens (tertiary/aromatic N) is 1. The first-order valence-corrected chi connectivity index (χ1v) is 7.40. The van der Waals surface area contributed by atoms with Gasteiger partial charge in [-0.05, 0) is 34.1 Å². The maximum absolute atomic E-state index is 13.2. The number of aromatic amines is 1. The summed E-state index contributed by atoms with van der Waals surface area (Å²) in [6.07, 6.45) is 1.51. The van der Waals surface area contributed by atoms with Gasteiger partial charge in [-0.1, -0.05) is 0 Å². The predicted octanol–water partition coefficient (Wildman–Crippen LogP) is 1.37. The number of rotatable bonds is 4.